The van der Waals surface area contributed by atoms with Gasteiger partial charge in [0.25, 0.3) is 5.91 Å². The number of aliphatic hydroxyl groups is 1. The SMILES string of the molecule is O=C(Nc1cnccc1CO)c1cnc(-c2ccccc2)nc1. The van der Waals surface area contributed by atoms with Gasteiger partial charge in [0.1, 0.15) is 0 Å². The number of pyridine rings is 1. The summed E-state index contributed by atoms with van der Waals surface area (Å²) in [6, 6.07) is 11.2. The van der Waals surface area contributed by atoms with E-state index in [9.17, 15) is 9.90 Å². The fourth-order valence-corrected chi connectivity index (χ4v) is 2.05. The molecule has 0 spiro atoms. The van der Waals surface area contributed by atoms with Crippen molar-refractivity contribution in [2.24, 2.45) is 0 Å². The van der Waals surface area contributed by atoms with Gasteiger partial charge in [0.15, 0.2) is 5.82 Å². The van der Waals surface area contributed by atoms with Gasteiger partial charge in [0.2, 0.25) is 0 Å². The monoisotopic (exact) mass is 306 g/mol. The van der Waals surface area contributed by atoms with E-state index >= 15 is 0 Å². The number of amides is 1. The molecule has 0 radical (unpaired) electrons. The number of carbonyl (C=O) groups is 1. The number of aliphatic hydroxyl groups excluding tert-OH is 1. The highest BCUT2D eigenvalue weighted by atomic mass is 16.3. The first-order valence-electron chi connectivity index (χ1n) is 7.00. The van der Waals surface area contributed by atoms with E-state index < -0.39 is 0 Å². The van der Waals surface area contributed by atoms with Crippen molar-refractivity contribution in [3.63, 3.8) is 0 Å². The summed E-state index contributed by atoms with van der Waals surface area (Å²) < 4.78 is 0. The lowest BCUT2D eigenvalue weighted by Crippen LogP contribution is -2.14. The number of benzene rings is 1. The molecule has 0 saturated heterocycles. The van der Waals surface area contributed by atoms with Crippen LogP contribution in [0.4, 0.5) is 5.69 Å². The van der Waals surface area contributed by atoms with Gasteiger partial charge in [0, 0.05) is 29.7 Å². The molecule has 1 amide bonds. The van der Waals surface area contributed by atoms with Crippen molar-refractivity contribution in [2.45, 2.75) is 6.61 Å². The molecule has 0 aliphatic carbocycles. The molecule has 2 heterocycles. The largest absolute Gasteiger partial charge is 0.392 e. The van der Waals surface area contributed by atoms with Crippen molar-refractivity contribution in [1.29, 1.82) is 0 Å². The number of nitrogens with zero attached hydrogens (tertiary/aromatic N) is 3. The van der Waals surface area contributed by atoms with E-state index in [2.05, 4.69) is 20.3 Å². The maximum atomic E-state index is 12.2. The van der Waals surface area contributed by atoms with Gasteiger partial charge >= 0.3 is 0 Å². The number of hydrogen-bond donors (Lipinski definition) is 2. The maximum Gasteiger partial charge on any atom is 0.258 e. The Kier molecular flexibility index (Phi) is 4.35. The van der Waals surface area contributed by atoms with E-state index in [-0.39, 0.29) is 12.5 Å². The third-order valence-corrected chi connectivity index (χ3v) is 3.28. The summed E-state index contributed by atoms with van der Waals surface area (Å²) >= 11 is 0. The molecule has 6 nitrogen and oxygen atoms in total. The molecule has 0 atom stereocenters. The van der Waals surface area contributed by atoms with E-state index in [4.69, 9.17) is 0 Å². The minimum Gasteiger partial charge on any atom is -0.392 e. The molecule has 0 aliphatic heterocycles. The average Bonchev–Trinajstić information content (AvgIpc) is 2.63. The van der Waals surface area contributed by atoms with Crippen LogP contribution in [0.1, 0.15) is 15.9 Å². The van der Waals surface area contributed by atoms with Crippen molar-refractivity contribution in [2.75, 3.05) is 5.32 Å². The Hall–Kier alpha value is -3.12. The quantitative estimate of drug-likeness (QED) is 0.772. The lowest BCUT2D eigenvalue weighted by Gasteiger charge is -2.08. The van der Waals surface area contributed by atoms with Crippen LogP contribution >= 0.6 is 0 Å². The van der Waals surface area contributed by atoms with Gasteiger partial charge in [0.05, 0.1) is 24.1 Å². The predicted molar refractivity (Wildman–Crippen MR) is 85.6 cm³/mol. The Labute approximate surface area is 132 Å². The van der Waals surface area contributed by atoms with Crippen LogP contribution in [0.2, 0.25) is 0 Å². The van der Waals surface area contributed by atoms with Crippen LogP contribution in [-0.4, -0.2) is 26.0 Å². The number of hydrogen-bond acceptors (Lipinski definition) is 5. The molecule has 3 aromatic rings. The van der Waals surface area contributed by atoms with Crippen molar-refractivity contribution in [3.05, 3.63) is 72.3 Å². The highest BCUT2D eigenvalue weighted by Gasteiger charge is 2.10. The van der Waals surface area contributed by atoms with E-state index in [1.807, 2.05) is 30.3 Å². The number of nitrogens with one attached hydrogen (secondary N) is 1. The van der Waals surface area contributed by atoms with Crippen molar-refractivity contribution >= 4 is 11.6 Å². The molecular formula is C17H14N4O2. The van der Waals surface area contributed by atoms with E-state index in [0.29, 0.717) is 22.6 Å². The minimum absolute atomic E-state index is 0.179. The number of rotatable bonds is 4. The zero-order valence-corrected chi connectivity index (χ0v) is 12.2. The molecule has 0 fully saturated rings. The summed E-state index contributed by atoms with van der Waals surface area (Å²) in [5, 5.41) is 12.0. The molecule has 0 unspecified atom stereocenters. The third-order valence-electron chi connectivity index (χ3n) is 3.28. The van der Waals surface area contributed by atoms with E-state index in [0.717, 1.165) is 5.56 Å². The molecule has 6 heteroatoms. The summed E-state index contributed by atoms with van der Waals surface area (Å²) in [5.41, 5.74) is 2.27. The van der Waals surface area contributed by atoms with Gasteiger partial charge < -0.3 is 10.4 Å². The second-order valence-electron chi connectivity index (χ2n) is 4.81. The Bertz CT molecular complexity index is 804. The Balaban J connectivity index is 1.78. The van der Waals surface area contributed by atoms with E-state index in [1.165, 1.54) is 18.6 Å². The Morgan fingerprint density at radius 3 is 2.48 bits per heavy atom. The van der Waals surface area contributed by atoms with Crippen molar-refractivity contribution < 1.29 is 9.90 Å². The van der Waals surface area contributed by atoms with Gasteiger partial charge in [-0.25, -0.2) is 9.97 Å². The minimum atomic E-state index is -0.354. The first-order chi connectivity index (χ1) is 11.3. The summed E-state index contributed by atoms with van der Waals surface area (Å²) in [4.78, 5) is 24.6. The Morgan fingerprint density at radius 1 is 1.04 bits per heavy atom. The second-order valence-corrected chi connectivity index (χ2v) is 4.81. The van der Waals surface area contributed by atoms with E-state index in [1.54, 1.807) is 12.3 Å². The second kappa shape index (κ2) is 6.76. The van der Waals surface area contributed by atoms with Gasteiger partial charge in [-0.05, 0) is 6.07 Å². The summed E-state index contributed by atoms with van der Waals surface area (Å²) in [5.74, 6) is 0.201. The van der Waals surface area contributed by atoms with Crippen molar-refractivity contribution in [1.82, 2.24) is 15.0 Å². The van der Waals surface area contributed by atoms with Gasteiger partial charge in [-0.2, -0.15) is 0 Å². The highest BCUT2D eigenvalue weighted by Crippen LogP contribution is 2.16. The standard InChI is InChI=1S/C17H14N4O2/c22-11-13-6-7-18-10-15(13)21-17(23)14-8-19-16(20-9-14)12-4-2-1-3-5-12/h1-10,22H,11H2,(H,21,23). The fraction of sp³-hybridized carbons (Fsp3) is 0.0588. The molecule has 3 rings (SSSR count). The lowest BCUT2D eigenvalue weighted by atomic mass is 10.2. The van der Waals surface area contributed by atoms with Crippen LogP contribution in [0, 0.1) is 0 Å². The molecule has 23 heavy (non-hydrogen) atoms. The van der Waals surface area contributed by atoms with Crippen LogP contribution in [0.5, 0.6) is 0 Å². The maximum absolute atomic E-state index is 12.2. The van der Waals surface area contributed by atoms with Gasteiger partial charge in [-0.3, -0.25) is 9.78 Å². The number of carbonyl (C=O) groups excluding carboxylic acids is 1. The van der Waals surface area contributed by atoms with Crippen molar-refractivity contribution in [3.8, 4) is 11.4 Å². The molecule has 0 aliphatic rings. The zero-order valence-electron chi connectivity index (χ0n) is 12.2. The third kappa shape index (κ3) is 3.38. The van der Waals surface area contributed by atoms with Gasteiger partial charge in [-0.15, -0.1) is 0 Å². The highest BCUT2D eigenvalue weighted by molar-refractivity contribution is 6.04. The summed E-state index contributed by atoms with van der Waals surface area (Å²) in [6.45, 7) is -0.179. The van der Waals surface area contributed by atoms with Crippen LogP contribution in [0.25, 0.3) is 11.4 Å². The lowest BCUT2D eigenvalue weighted by molar-refractivity contribution is 0.102. The average molecular weight is 306 g/mol. The van der Waals surface area contributed by atoms with Crippen LogP contribution in [-0.2, 0) is 6.61 Å². The molecule has 1 aromatic carbocycles. The number of aromatic nitrogens is 3. The molecule has 2 aromatic heterocycles. The Morgan fingerprint density at radius 2 is 1.78 bits per heavy atom. The summed E-state index contributed by atoms with van der Waals surface area (Å²) in [7, 11) is 0. The zero-order chi connectivity index (χ0) is 16.1. The van der Waals surface area contributed by atoms with Crippen LogP contribution in [0.3, 0.4) is 0 Å². The van der Waals surface area contributed by atoms with Crippen LogP contribution in [0.15, 0.2) is 61.2 Å². The normalized spacial score (nSPS) is 10.3. The molecule has 0 saturated carbocycles. The van der Waals surface area contributed by atoms with Gasteiger partial charge in [-0.1, -0.05) is 30.3 Å². The molecule has 2 N–H and O–H groups in total. The van der Waals surface area contributed by atoms with Crippen LogP contribution < -0.4 is 5.32 Å². The number of anilines is 1. The first kappa shape index (κ1) is 14.8. The fourth-order valence-electron chi connectivity index (χ4n) is 2.05. The molecule has 0 bridgehead atoms. The predicted octanol–water partition coefficient (Wildman–Crippen LogP) is 2.28. The molecular weight excluding hydrogens is 292 g/mol. The first-order valence-corrected chi connectivity index (χ1v) is 7.00. The topological polar surface area (TPSA) is 88.0 Å². The summed E-state index contributed by atoms with van der Waals surface area (Å²) in [6.07, 6.45) is 5.99. The molecule has 114 valence electrons. The smallest absolute Gasteiger partial charge is 0.258 e.